The van der Waals surface area contributed by atoms with Gasteiger partial charge in [0.2, 0.25) is 5.91 Å². The van der Waals surface area contributed by atoms with Gasteiger partial charge in [0.1, 0.15) is 11.6 Å². The fraction of sp³-hybridized carbons (Fsp3) is 0.286. The van der Waals surface area contributed by atoms with Crippen LogP contribution in [0.3, 0.4) is 0 Å². The SMILES string of the molecule is CC(Oc1ccc(F)cc1)c1nnc(SCC(=O)Nc2ccc(Cl)c(Cl)c2)n1C(C)C. The van der Waals surface area contributed by atoms with Crippen molar-refractivity contribution in [1.82, 2.24) is 14.8 Å². The number of nitrogens with one attached hydrogen (secondary N) is 1. The number of nitrogens with zero attached hydrogens (tertiary/aromatic N) is 3. The Labute approximate surface area is 194 Å². The molecular formula is C21H21Cl2FN4O2S. The average molecular weight is 483 g/mol. The molecule has 10 heteroatoms. The molecule has 3 rings (SSSR count). The van der Waals surface area contributed by atoms with Crippen molar-refractivity contribution in [2.75, 3.05) is 11.1 Å². The van der Waals surface area contributed by atoms with Crippen LogP contribution in [0.1, 0.15) is 38.7 Å². The predicted octanol–water partition coefficient (Wildman–Crippen LogP) is 6.18. The monoisotopic (exact) mass is 482 g/mol. The van der Waals surface area contributed by atoms with Gasteiger partial charge < -0.3 is 14.6 Å². The lowest BCUT2D eigenvalue weighted by molar-refractivity contribution is -0.113. The van der Waals surface area contributed by atoms with E-state index in [4.69, 9.17) is 27.9 Å². The summed E-state index contributed by atoms with van der Waals surface area (Å²) in [7, 11) is 0. The highest BCUT2D eigenvalue weighted by molar-refractivity contribution is 7.99. The van der Waals surface area contributed by atoms with Crippen LogP contribution in [0.25, 0.3) is 0 Å². The van der Waals surface area contributed by atoms with E-state index in [9.17, 15) is 9.18 Å². The van der Waals surface area contributed by atoms with Crippen molar-refractivity contribution < 1.29 is 13.9 Å². The van der Waals surface area contributed by atoms with E-state index in [1.54, 1.807) is 30.3 Å². The molecule has 1 heterocycles. The first kappa shape index (κ1) is 23.4. The van der Waals surface area contributed by atoms with Gasteiger partial charge in [0, 0.05) is 11.7 Å². The summed E-state index contributed by atoms with van der Waals surface area (Å²) >= 11 is 13.2. The topological polar surface area (TPSA) is 69.0 Å². The maximum atomic E-state index is 13.1. The minimum absolute atomic E-state index is 0.0462. The molecule has 164 valence electrons. The molecule has 1 amide bonds. The normalized spacial score (nSPS) is 12.1. The van der Waals surface area contributed by atoms with Gasteiger partial charge in [0.15, 0.2) is 17.1 Å². The smallest absolute Gasteiger partial charge is 0.234 e. The minimum atomic E-state index is -0.417. The summed E-state index contributed by atoms with van der Waals surface area (Å²) in [6.45, 7) is 5.84. The molecule has 0 aliphatic rings. The molecule has 0 bridgehead atoms. The highest BCUT2D eigenvalue weighted by Gasteiger charge is 2.22. The van der Waals surface area contributed by atoms with Gasteiger partial charge in [-0.15, -0.1) is 10.2 Å². The lowest BCUT2D eigenvalue weighted by Crippen LogP contribution is -2.16. The maximum Gasteiger partial charge on any atom is 0.234 e. The number of benzene rings is 2. The van der Waals surface area contributed by atoms with Gasteiger partial charge in [-0.2, -0.15) is 0 Å². The number of amides is 1. The zero-order valence-electron chi connectivity index (χ0n) is 17.1. The Hall–Kier alpha value is -2.29. The van der Waals surface area contributed by atoms with Crippen molar-refractivity contribution in [2.24, 2.45) is 0 Å². The molecule has 0 saturated heterocycles. The molecule has 3 aromatic rings. The maximum absolute atomic E-state index is 13.1. The van der Waals surface area contributed by atoms with Crippen LogP contribution in [-0.2, 0) is 4.79 Å². The Kier molecular flexibility index (Phi) is 7.80. The van der Waals surface area contributed by atoms with Crippen LogP contribution in [-0.4, -0.2) is 26.4 Å². The van der Waals surface area contributed by atoms with Crippen molar-refractivity contribution in [3.8, 4) is 5.75 Å². The van der Waals surface area contributed by atoms with E-state index in [0.717, 1.165) is 0 Å². The number of thioether (sulfide) groups is 1. The Balaban J connectivity index is 1.67. The number of ether oxygens (including phenoxy) is 1. The standard InChI is InChI=1S/C21H21Cl2FN4O2S/c1-12(2)28-20(13(3)30-16-7-4-14(24)5-8-16)26-27-21(28)31-11-19(29)25-15-6-9-17(22)18(23)10-15/h4-10,12-13H,11H2,1-3H3,(H,25,29). The summed E-state index contributed by atoms with van der Waals surface area (Å²) in [5, 5.41) is 12.7. The number of hydrogen-bond acceptors (Lipinski definition) is 5. The minimum Gasteiger partial charge on any atom is -0.483 e. The molecule has 1 unspecified atom stereocenters. The molecule has 0 radical (unpaired) electrons. The van der Waals surface area contributed by atoms with E-state index < -0.39 is 6.10 Å². The van der Waals surface area contributed by atoms with Gasteiger partial charge in [-0.05, 0) is 63.2 Å². The first-order chi connectivity index (χ1) is 14.7. The quantitative estimate of drug-likeness (QED) is 0.388. The number of anilines is 1. The van der Waals surface area contributed by atoms with Crippen molar-refractivity contribution in [2.45, 2.75) is 38.1 Å². The Morgan fingerprint density at radius 2 is 1.84 bits per heavy atom. The van der Waals surface area contributed by atoms with E-state index in [2.05, 4.69) is 15.5 Å². The van der Waals surface area contributed by atoms with E-state index in [1.807, 2.05) is 25.3 Å². The summed E-state index contributed by atoms with van der Waals surface area (Å²) in [4.78, 5) is 12.4. The summed E-state index contributed by atoms with van der Waals surface area (Å²) in [5.74, 6) is 0.745. The highest BCUT2D eigenvalue weighted by atomic mass is 35.5. The van der Waals surface area contributed by atoms with Gasteiger partial charge in [-0.25, -0.2) is 4.39 Å². The first-order valence-corrected chi connectivity index (χ1v) is 11.2. The molecule has 31 heavy (non-hydrogen) atoms. The number of halogens is 3. The fourth-order valence-electron chi connectivity index (χ4n) is 2.82. The van der Waals surface area contributed by atoms with Gasteiger partial charge in [0.05, 0.1) is 15.8 Å². The molecule has 0 fully saturated rings. The van der Waals surface area contributed by atoms with E-state index in [1.165, 1.54) is 23.9 Å². The van der Waals surface area contributed by atoms with E-state index in [-0.39, 0.29) is 23.5 Å². The lowest BCUT2D eigenvalue weighted by Gasteiger charge is -2.18. The third-order valence-electron chi connectivity index (χ3n) is 4.23. The summed E-state index contributed by atoms with van der Waals surface area (Å²) in [6, 6.07) is 10.7. The van der Waals surface area contributed by atoms with Crippen LogP contribution in [0.15, 0.2) is 47.6 Å². The Morgan fingerprint density at radius 1 is 1.13 bits per heavy atom. The number of carbonyl (C=O) groups excluding carboxylic acids is 1. The molecule has 1 aromatic heterocycles. The molecule has 0 spiro atoms. The summed E-state index contributed by atoms with van der Waals surface area (Å²) < 4.78 is 20.9. The predicted molar refractivity (Wildman–Crippen MR) is 122 cm³/mol. The summed E-state index contributed by atoms with van der Waals surface area (Å²) in [5.41, 5.74) is 0.562. The van der Waals surface area contributed by atoms with Crippen LogP contribution in [0.4, 0.5) is 10.1 Å². The molecule has 1 N–H and O–H groups in total. The van der Waals surface area contributed by atoms with Gasteiger partial charge >= 0.3 is 0 Å². The zero-order chi connectivity index (χ0) is 22.5. The van der Waals surface area contributed by atoms with Crippen LogP contribution >= 0.6 is 35.0 Å². The van der Waals surface area contributed by atoms with E-state index >= 15 is 0 Å². The van der Waals surface area contributed by atoms with Crippen LogP contribution in [0.5, 0.6) is 5.75 Å². The van der Waals surface area contributed by atoms with Crippen molar-refractivity contribution in [3.63, 3.8) is 0 Å². The van der Waals surface area contributed by atoms with Crippen LogP contribution in [0, 0.1) is 5.82 Å². The van der Waals surface area contributed by atoms with Gasteiger partial charge in [-0.1, -0.05) is 35.0 Å². The Bertz CT molecular complexity index is 1060. The van der Waals surface area contributed by atoms with Crippen LogP contribution in [0.2, 0.25) is 10.0 Å². The van der Waals surface area contributed by atoms with Crippen molar-refractivity contribution in [1.29, 1.82) is 0 Å². The molecule has 1 atom stereocenters. The zero-order valence-corrected chi connectivity index (χ0v) is 19.4. The van der Waals surface area contributed by atoms with Crippen molar-refractivity contribution >= 4 is 46.6 Å². The number of hydrogen-bond donors (Lipinski definition) is 1. The van der Waals surface area contributed by atoms with Gasteiger partial charge in [0.25, 0.3) is 0 Å². The third-order valence-corrected chi connectivity index (χ3v) is 5.92. The number of rotatable bonds is 8. The molecule has 0 aliphatic carbocycles. The second-order valence-corrected chi connectivity index (χ2v) is 8.74. The Morgan fingerprint density at radius 3 is 2.48 bits per heavy atom. The third kappa shape index (κ3) is 6.12. The second-order valence-electron chi connectivity index (χ2n) is 6.98. The highest BCUT2D eigenvalue weighted by Crippen LogP contribution is 2.28. The first-order valence-electron chi connectivity index (χ1n) is 9.49. The second kappa shape index (κ2) is 10.3. The molecule has 6 nitrogen and oxygen atoms in total. The molecule has 0 saturated carbocycles. The number of carbonyl (C=O) groups is 1. The van der Waals surface area contributed by atoms with Crippen molar-refractivity contribution in [3.05, 3.63) is 64.2 Å². The lowest BCUT2D eigenvalue weighted by atomic mass is 10.3. The largest absolute Gasteiger partial charge is 0.483 e. The molecule has 2 aromatic carbocycles. The molecular weight excluding hydrogens is 462 g/mol. The van der Waals surface area contributed by atoms with E-state index in [0.29, 0.717) is 32.5 Å². The van der Waals surface area contributed by atoms with Gasteiger partial charge in [-0.3, -0.25) is 4.79 Å². The molecule has 0 aliphatic heterocycles. The average Bonchev–Trinajstić information content (AvgIpc) is 3.15. The van der Waals surface area contributed by atoms with Crippen LogP contribution < -0.4 is 10.1 Å². The summed E-state index contributed by atoms with van der Waals surface area (Å²) in [6.07, 6.45) is -0.417. The fourth-order valence-corrected chi connectivity index (χ4v) is 3.99. The number of aromatic nitrogens is 3.